The Bertz CT molecular complexity index is 988. The lowest BCUT2D eigenvalue weighted by atomic mass is 10.0. The minimum Gasteiger partial charge on any atom is -0.410 e. The van der Waals surface area contributed by atoms with Gasteiger partial charge in [-0.15, -0.1) is 5.10 Å². The number of nitrogens with zero attached hydrogens (tertiary/aromatic N) is 4. The summed E-state index contributed by atoms with van der Waals surface area (Å²) in [7, 11) is 0. The summed E-state index contributed by atoms with van der Waals surface area (Å²) in [5.74, 6) is 1.10. The molecule has 0 radical (unpaired) electrons. The molecule has 1 aromatic heterocycles. The monoisotopic (exact) mass is 415 g/mol. The van der Waals surface area contributed by atoms with Gasteiger partial charge in [-0.2, -0.15) is 4.68 Å². The third-order valence-corrected chi connectivity index (χ3v) is 4.42. The Kier molecular flexibility index (Phi) is 6.46. The van der Waals surface area contributed by atoms with Crippen molar-refractivity contribution in [3.8, 4) is 22.6 Å². The van der Waals surface area contributed by atoms with Crippen LogP contribution in [-0.4, -0.2) is 44.1 Å². The number of aliphatic hydroxyl groups excluding tert-OH is 1. The van der Waals surface area contributed by atoms with Gasteiger partial charge in [0, 0.05) is 17.0 Å². The highest BCUT2D eigenvalue weighted by molar-refractivity contribution is 6.30. The number of amides is 1. The van der Waals surface area contributed by atoms with E-state index >= 15 is 0 Å². The van der Waals surface area contributed by atoms with E-state index < -0.39 is 12.1 Å². The van der Waals surface area contributed by atoms with E-state index in [4.69, 9.17) is 21.4 Å². The lowest BCUT2D eigenvalue weighted by Gasteiger charge is -2.14. The molecule has 0 bridgehead atoms. The molecule has 0 fully saturated rings. The number of aliphatic hydroxyl groups is 1. The summed E-state index contributed by atoms with van der Waals surface area (Å²) in [6, 6.07) is 12.2. The van der Waals surface area contributed by atoms with Gasteiger partial charge in [-0.05, 0) is 52.7 Å². The van der Waals surface area contributed by atoms with Crippen molar-refractivity contribution in [2.24, 2.45) is 0 Å². The summed E-state index contributed by atoms with van der Waals surface area (Å²) in [5.41, 5.74) is 2.36. The molecule has 1 atom stereocenters. The Morgan fingerprint density at radius 1 is 1.17 bits per heavy atom. The van der Waals surface area contributed by atoms with E-state index in [2.05, 4.69) is 20.8 Å². The predicted molar refractivity (Wildman–Crippen MR) is 109 cm³/mol. The van der Waals surface area contributed by atoms with Crippen LogP contribution >= 0.6 is 11.6 Å². The summed E-state index contributed by atoms with van der Waals surface area (Å²) in [4.78, 5) is 12.1. The van der Waals surface area contributed by atoms with Gasteiger partial charge in [0.15, 0.2) is 5.82 Å². The van der Waals surface area contributed by atoms with Crippen molar-refractivity contribution >= 4 is 17.7 Å². The summed E-state index contributed by atoms with van der Waals surface area (Å²) in [5, 5.41) is 24.2. The van der Waals surface area contributed by atoms with Crippen molar-refractivity contribution in [2.45, 2.75) is 32.7 Å². The summed E-state index contributed by atoms with van der Waals surface area (Å²) >= 11 is 6.00. The van der Waals surface area contributed by atoms with Gasteiger partial charge in [-0.1, -0.05) is 37.6 Å². The zero-order valence-corrected chi connectivity index (χ0v) is 17.1. The molecule has 2 aromatic carbocycles. The number of ether oxygens (including phenoxy) is 1. The van der Waals surface area contributed by atoms with Crippen molar-refractivity contribution in [2.75, 3.05) is 6.61 Å². The zero-order chi connectivity index (χ0) is 21.0. The molecule has 152 valence electrons. The summed E-state index contributed by atoms with van der Waals surface area (Å²) in [6.07, 6.45) is -0.661. The van der Waals surface area contributed by atoms with Crippen LogP contribution in [0.2, 0.25) is 5.02 Å². The van der Waals surface area contributed by atoms with E-state index in [-0.39, 0.29) is 12.5 Å². The average Bonchev–Trinajstić information content (AvgIpc) is 3.18. The Hall–Kier alpha value is -2.97. The van der Waals surface area contributed by atoms with Gasteiger partial charge < -0.3 is 15.2 Å². The first kappa shape index (κ1) is 20.8. The Morgan fingerprint density at radius 3 is 2.55 bits per heavy atom. The molecule has 8 nitrogen and oxygen atoms in total. The average molecular weight is 416 g/mol. The second kappa shape index (κ2) is 9.02. The number of nitrogens with one attached hydrogen (secondary N) is 1. The maximum Gasteiger partial charge on any atom is 0.412 e. The lowest BCUT2D eigenvalue weighted by molar-refractivity contribution is 0.186. The zero-order valence-electron chi connectivity index (χ0n) is 16.3. The normalized spacial score (nSPS) is 12.1. The van der Waals surface area contributed by atoms with Gasteiger partial charge >= 0.3 is 6.09 Å². The van der Waals surface area contributed by atoms with E-state index in [1.54, 1.807) is 35.9 Å². The Morgan fingerprint density at radius 2 is 1.90 bits per heavy atom. The number of rotatable bonds is 6. The van der Waals surface area contributed by atoms with E-state index in [0.29, 0.717) is 22.3 Å². The van der Waals surface area contributed by atoms with Crippen LogP contribution < -0.4 is 10.1 Å². The largest absolute Gasteiger partial charge is 0.412 e. The van der Waals surface area contributed by atoms with Gasteiger partial charge in [0.2, 0.25) is 0 Å². The maximum atomic E-state index is 12.1. The first-order chi connectivity index (χ1) is 13.9. The third-order valence-electron chi connectivity index (χ3n) is 4.17. The van der Waals surface area contributed by atoms with Crippen LogP contribution in [0.1, 0.15) is 32.5 Å². The number of carbonyl (C=O) groups is 1. The number of carbonyl (C=O) groups excluding carboxylic acids is 1. The van der Waals surface area contributed by atoms with Crippen molar-refractivity contribution in [1.82, 2.24) is 25.5 Å². The molecule has 9 heteroatoms. The Labute approximate surface area is 173 Å². The van der Waals surface area contributed by atoms with Gasteiger partial charge in [0.1, 0.15) is 5.75 Å². The molecule has 0 aliphatic heterocycles. The highest BCUT2D eigenvalue weighted by atomic mass is 35.5. The van der Waals surface area contributed by atoms with Crippen LogP contribution in [0.4, 0.5) is 4.79 Å². The van der Waals surface area contributed by atoms with Crippen LogP contribution in [-0.2, 0) is 0 Å². The van der Waals surface area contributed by atoms with E-state index in [1.165, 1.54) is 0 Å². The van der Waals surface area contributed by atoms with Gasteiger partial charge in [0.25, 0.3) is 0 Å². The van der Waals surface area contributed by atoms with Crippen LogP contribution in [0.5, 0.6) is 5.75 Å². The maximum absolute atomic E-state index is 12.1. The molecule has 0 spiro atoms. The van der Waals surface area contributed by atoms with Crippen LogP contribution in [0.15, 0.2) is 42.5 Å². The van der Waals surface area contributed by atoms with Crippen molar-refractivity contribution < 1.29 is 14.6 Å². The lowest BCUT2D eigenvalue weighted by Crippen LogP contribution is -2.37. The topological polar surface area (TPSA) is 102 Å². The highest BCUT2D eigenvalue weighted by Crippen LogP contribution is 2.29. The molecule has 0 aliphatic carbocycles. The van der Waals surface area contributed by atoms with Crippen LogP contribution in [0, 0.1) is 0 Å². The second-order valence-electron chi connectivity index (χ2n) is 6.94. The first-order valence-corrected chi connectivity index (χ1v) is 9.54. The molecule has 1 amide bonds. The van der Waals surface area contributed by atoms with E-state index in [0.717, 1.165) is 11.1 Å². The SMILES string of the molecule is CC(C)c1nnnn1-c1cc(OC(=O)N[C@H](C)CO)cc(-c2ccc(Cl)cc2)c1. The summed E-state index contributed by atoms with van der Waals surface area (Å²) < 4.78 is 7.06. The number of hydrogen-bond acceptors (Lipinski definition) is 6. The predicted octanol–water partition coefficient (Wildman–Crippen LogP) is 3.58. The number of aromatic nitrogens is 4. The van der Waals surface area contributed by atoms with Gasteiger partial charge in [-0.25, -0.2) is 4.79 Å². The molecule has 2 N–H and O–H groups in total. The van der Waals surface area contributed by atoms with Gasteiger partial charge in [0.05, 0.1) is 18.3 Å². The van der Waals surface area contributed by atoms with Gasteiger partial charge in [-0.3, -0.25) is 0 Å². The molecule has 0 unspecified atom stereocenters. The molecule has 0 aliphatic rings. The van der Waals surface area contributed by atoms with E-state index in [9.17, 15) is 4.79 Å². The fourth-order valence-corrected chi connectivity index (χ4v) is 2.82. The standard InChI is InChI=1S/C20H22ClN5O3/c1-12(2)19-23-24-25-26(19)17-8-15(14-4-6-16(21)7-5-14)9-18(10-17)29-20(28)22-13(3)11-27/h4-10,12-13,27H,11H2,1-3H3,(H,22,28)/t13-/m1/s1. The fourth-order valence-electron chi connectivity index (χ4n) is 2.69. The third kappa shape index (κ3) is 5.10. The van der Waals surface area contributed by atoms with E-state index in [1.807, 2.05) is 32.0 Å². The minimum atomic E-state index is -0.661. The minimum absolute atomic E-state index is 0.0993. The first-order valence-electron chi connectivity index (χ1n) is 9.16. The van der Waals surface area contributed by atoms with Crippen LogP contribution in [0.3, 0.4) is 0 Å². The molecule has 0 saturated heterocycles. The van der Waals surface area contributed by atoms with Crippen molar-refractivity contribution in [1.29, 1.82) is 0 Å². The molecule has 3 aromatic rings. The molecule has 3 rings (SSSR count). The molecular formula is C20H22ClN5O3. The molecule has 0 saturated carbocycles. The number of tetrazole rings is 1. The Balaban J connectivity index is 2.03. The number of hydrogen-bond donors (Lipinski definition) is 2. The second-order valence-corrected chi connectivity index (χ2v) is 7.38. The summed E-state index contributed by atoms with van der Waals surface area (Å²) in [6.45, 7) is 5.47. The number of halogens is 1. The van der Waals surface area contributed by atoms with Crippen LogP contribution in [0.25, 0.3) is 16.8 Å². The molecule has 29 heavy (non-hydrogen) atoms. The fraction of sp³-hybridized carbons (Fsp3) is 0.300. The van der Waals surface area contributed by atoms with Crippen molar-refractivity contribution in [3.63, 3.8) is 0 Å². The smallest absolute Gasteiger partial charge is 0.410 e. The van der Waals surface area contributed by atoms with Crippen molar-refractivity contribution in [3.05, 3.63) is 53.3 Å². The molecular weight excluding hydrogens is 394 g/mol. The molecule has 1 heterocycles. The quantitative estimate of drug-likeness (QED) is 0.638. The highest BCUT2D eigenvalue weighted by Gasteiger charge is 2.16. The number of benzene rings is 2.